The molecule has 2 aromatic rings. The molecule has 0 bridgehead atoms. The van der Waals surface area contributed by atoms with Crippen molar-refractivity contribution in [3.63, 3.8) is 0 Å². The predicted molar refractivity (Wildman–Crippen MR) is 94.9 cm³/mol. The van der Waals surface area contributed by atoms with E-state index < -0.39 is 0 Å². The van der Waals surface area contributed by atoms with E-state index in [-0.39, 0.29) is 17.8 Å². The zero-order chi connectivity index (χ0) is 16.5. The summed E-state index contributed by atoms with van der Waals surface area (Å²) in [6.45, 7) is 4.34. The molecule has 0 saturated carbocycles. The summed E-state index contributed by atoms with van der Waals surface area (Å²) in [5.74, 6) is -0.187. The van der Waals surface area contributed by atoms with E-state index in [9.17, 15) is 4.79 Å². The fraction of sp³-hybridized carbons (Fsp3) is 0.286. The Kier molecular flexibility index (Phi) is 6.61. The molecule has 0 N–H and O–H groups in total. The van der Waals surface area contributed by atoms with Gasteiger partial charge >= 0.3 is 5.97 Å². The largest absolute Gasteiger partial charge is 0.466 e. The third kappa shape index (κ3) is 5.41. The van der Waals surface area contributed by atoms with Gasteiger partial charge in [-0.25, -0.2) is 0 Å². The molecule has 23 heavy (non-hydrogen) atoms. The molecular weight excluding hydrogens is 284 g/mol. The fourth-order valence-corrected chi connectivity index (χ4v) is 2.56. The molecule has 0 fully saturated rings. The molecule has 2 aromatic carbocycles. The monoisotopic (exact) mass is 308 g/mol. The minimum atomic E-state index is -0.169. The second-order valence-corrected chi connectivity index (χ2v) is 5.68. The van der Waals surface area contributed by atoms with Gasteiger partial charge in [0.15, 0.2) is 0 Å². The van der Waals surface area contributed by atoms with Gasteiger partial charge in [-0.3, -0.25) is 4.79 Å². The van der Waals surface area contributed by atoms with Gasteiger partial charge in [-0.05, 0) is 30.4 Å². The fourth-order valence-electron chi connectivity index (χ4n) is 2.56. The maximum atomic E-state index is 12.3. The molecule has 2 nitrogen and oxygen atoms in total. The highest BCUT2D eigenvalue weighted by Gasteiger charge is 2.25. The lowest BCUT2D eigenvalue weighted by atomic mass is 9.87. The summed E-state index contributed by atoms with van der Waals surface area (Å²) in [6.07, 6.45) is 4.86. The number of esters is 1. The first-order valence-corrected chi connectivity index (χ1v) is 8.14. The average molecular weight is 308 g/mol. The van der Waals surface area contributed by atoms with Crippen LogP contribution < -0.4 is 0 Å². The van der Waals surface area contributed by atoms with Crippen LogP contribution in [0.15, 0.2) is 66.7 Å². The van der Waals surface area contributed by atoms with E-state index in [1.165, 1.54) is 0 Å². The van der Waals surface area contributed by atoms with Crippen LogP contribution in [0.4, 0.5) is 0 Å². The Morgan fingerprint density at radius 2 is 1.65 bits per heavy atom. The Balaban J connectivity index is 2.12. The molecule has 2 atom stereocenters. The standard InChI is InChI=1S/C21H24O2/c1-3-23-21(22)20(16-19-12-8-5-9-13-19)17(2)14-15-18-10-6-4-7-11-18/h4-15,17,20H,3,16H2,1-2H3/b15-14+/t17-,20+/m0/s1. The Labute approximate surface area is 138 Å². The number of hydrogen-bond donors (Lipinski definition) is 0. The second-order valence-electron chi connectivity index (χ2n) is 5.68. The van der Waals surface area contributed by atoms with Crippen molar-refractivity contribution < 1.29 is 9.53 Å². The highest BCUT2D eigenvalue weighted by atomic mass is 16.5. The van der Waals surface area contributed by atoms with Gasteiger partial charge < -0.3 is 4.74 Å². The smallest absolute Gasteiger partial charge is 0.309 e. The topological polar surface area (TPSA) is 26.3 Å². The van der Waals surface area contributed by atoms with Gasteiger partial charge in [0, 0.05) is 0 Å². The van der Waals surface area contributed by atoms with E-state index in [4.69, 9.17) is 4.74 Å². The van der Waals surface area contributed by atoms with E-state index in [0.29, 0.717) is 13.0 Å². The summed E-state index contributed by atoms with van der Waals surface area (Å²) >= 11 is 0. The molecule has 2 rings (SSSR count). The van der Waals surface area contributed by atoms with Crippen LogP contribution in [0.5, 0.6) is 0 Å². The van der Waals surface area contributed by atoms with E-state index >= 15 is 0 Å². The number of ether oxygens (including phenoxy) is 1. The molecule has 0 unspecified atom stereocenters. The molecule has 0 aromatic heterocycles. The molecule has 0 aliphatic rings. The van der Waals surface area contributed by atoms with E-state index in [1.54, 1.807) is 0 Å². The Bertz CT molecular complexity index is 617. The normalized spacial score (nSPS) is 13.7. The zero-order valence-corrected chi connectivity index (χ0v) is 13.8. The van der Waals surface area contributed by atoms with Crippen molar-refractivity contribution >= 4 is 12.0 Å². The highest BCUT2D eigenvalue weighted by molar-refractivity contribution is 5.73. The lowest BCUT2D eigenvalue weighted by molar-refractivity contribution is -0.149. The van der Waals surface area contributed by atoms with Crippen LogP contribution in [0.3, 0.4) is 0 Å². The number of hydrogen-bond acceptors (Lipinski definition) is 2. The maximum absolute atomic E-state index is 12.3. The van der Waals surface area contributed by atoms with Crippen LogP contribution in [0, 0.1) is 11.8 Å². The van der Waals surface area contributed by atoms with Gasteiger partial charge in [0.1, 0.15) is 0 Å². The van der Waals surface area contributed by atoms with Crippen LogP contribution >= 0.6 is 0 Å². The lowest BCUT2D eigenvalue weighted by Gasteiger charge is -2.20. The van der Waals surface area contributed by atoms with Crippen LogP contribution in [-0.2, 0) is 16.0 Å². The van der Waals surface area contributed by atoms with Crippen LogP contribution in [-0.4, -0.2) is 12.6 Å². The number of benzene rings is 2. The molecule has 0 amide bonds. The average Bonchev–Trinajstić information content (AvgIpc) is 2.59. The number of allylic oxidation sites excluding steroid dienone is 1. The Hall–Kier alpha value is -2.35. The maximum Gasteiger partial charge on any atom is 0.309 e. The summed E-state index contributed by atoms with van der Waals surface area (Å²) in [4.78, 5) is 12.3. The van der Waals surface area contributed by atoms with Crippen LogP contribution in [0.2, 0.25) is 0 Å². The van der Waals surface area contributed by atoms with Crippen molar-refractivity contribution in [1.29, 1.82) is 0 Å². The van der Waals surface area contributed by atoms with Crippen molar-refractivity contribution in [1.82, 2.24) is 0 Å². The molecule has 2 heteroatoms. The predicted octanol–water partition coefficient (Wildman–Crippen LogP) is 4.76. The second kappa shape index (κ2) is 8.94. The van der Waals surface area contributed by atoms with E-state index in [2.05, 4.69) is 43.3 Å². The van der Waals surface area contributed by atoms with Gasteiger partial charge in [0.25, 0.3) is 0 Å². The number of rotatable bonds is 7. The SMILES string of the molecule is CCOC(=O)[C@H](Cc1ccccc1)[C@@H](C)/C=C/c1ccccc1. The van der Waals surface area contributed by atoms with Gasteiger partial charge in [-0.2, -0.15) is 0 Å². The van der Waals surface area contributed by atoms with Crippen molar-refractivity contribution in [3.05, 3.63) is 77.9 Å². The molecule has 0 aliphatic carbocycles. The first kappa shape index (κ1) is 17.0. The summed E-state index contributed by atoms with van der Waals surface area (Å²) in [5, 5.41) is 0. The minimum absolute atomic E-state index is 0.106. The molecule has 0 heterocycles. The third-order valence-corrected chi connectivity index (χ3v) is 3.91. The molecule has 0 saturated heterocycles. The van der Waals surface area contributed by atoms with Crippen molar-refractivity contribution in [3.8, 4) is 0 Å². The van der Waals surface area contributed by atoms with Gasteiger partial charge in [-0.15, -0.1) is 0 Å². The van der Waals surface area contributed by atoms with Gasteiger partial charge in [0.05, 0.1) is 12.5 Å². The zero-order valence-electron chi connectivity index (χ0n) is 13.8. The minimum Gasteiger partial charge on any atom is -0.466 e. The van der Waals surface area contributed by atoms with Crippen LogP contribution in [0.25, 0.3) is 6.08 Å². The summed E-state index contributed by atoms with van der Waals surface area (Å²) in [7, 11) is 0. The van der Waals surface area contributed by atoms with Crippen molar-refractivity contribution in [2.75, 3.05) is 6.61 Å². The van der Waals surface area contributed by atoms with E-state index in [1.807, 2.05) is 43.3 Å². The molecule has 120 valence electrons. The van der Waals surface area contributed by atoms with Crippen molar-refractivity contribution in [2.45, 2.75) is 20.3 Å². The summed E-state index contributed by atoms with van der Waals surface area (Å²) < 4.78 is 5.28. The third-order valence-electron chi connectivity index (χ3n) is 3.91. The lowest BCUT2D eigenvalue weighted by Crippen LogP contribution is -2.25. The Morgan fingerprint density at radius 1 is 1.04 bits per heavy atom. The first-order chi connectivity index (χ1) is 11.2. The molecule has 0 aliphatic heterocycles. The molecule has 0 radical (unpaired) electrons. The number of carbonyl (C=O) groups is 1. The summed E-state index contributed by atoms with van der Waals surface area (Å²) in [5.41, 5.74) is 2.30. The van der Waals surface area contributed by atoms with Gasteiger partial charge in [-0.1, -0.05) is 79.7 Å². The number of carbonyl (C=O) groups excluding carboxylic acids is 1. The Morgan fingerprint density at radius 3 is 2.26 bits per heavy atom. The van der Waals surface area contributed by atoms with Crippen molar-refractivity contribution in [2.24, 2.45) is 11.8 Å². The molecule has 0 spiro atoms. The summed E-state index contributed by atoms with van der Waals surface area (Å²) in [6, 6.07) is 20.2. The van der Waals surface area contributed by atoms with E-state index in [0.717, 1.165) is 11.1 Å². The highest BCUT2D eigenvalue weighted by Crippen LogP contribution is 2.21. The quantitative estimate of drug-likeness (QED) is 0.689. The van der Waals surface area contributed by atoms with Crippen LogP contribution in [0.1, 0.15) is 25.0 Å². The molecular formula is C21H24O2. The first-order valence-electron chi connectivity index (χ1n) is 8.14. The van der Waals surface area contributed by atoms with Gasteiger partial charge in [0.2, 0.25) is 0 Å².